The van der Waals surface area contributed by atoms with E-state index in [1.807, 2.05) is 12.1 Å². The summed E-state index contributed by atoms with van der Waals surface area (Å²) in [5.74, 6) is 1.33. The number of methoxy groups -OCH3 is 1. The molecule has 33 heavy (non-hydrogen) atoms. The number of amides is 1. The van der Waals surface area contributed by atoms with Crippen LogP contribution in [0.4, 0.5) is 0 Å². The number of hydrogen-bond donors (Lipinski definition) is 2. The predicted octanol–water partition coefficient (Wildman–Crippen LogP) is 3.04. The Labute approximate surface area is 200 Å². The number of hydrogen-bond acceptors (Lipinski definition) is 6. The highest BCUT2D eigenvalue weighted by molar-refractivity contribution is 7.88. The van der Waals surface area contributed by atoms with Crippen molar-refractivity contribution < 1.29 is 27.4 Å². The van der Waals surface area contributed by atoms with Gasteiger partial charge in [-0.15, -0.1) is 0 Å². The van der Waals surface area contributed by atoms with Crippen molar-refractivity contribution in [1.29, 1.82) is 0 Å². The maximum atomic E-state index is 12.4. The molecule has 0 saturated heterocycles. The molecule has 0 fully saturated rings. The van der Waals surface area contributed by atoms with Gasteiger partial charge in [0.1, 0.15) is 25.0 Å². The van der Waals surface area contributed by atoms with E-state index in [2.05, 4.69) is 10.0 Å². The summed E-state index contributed by atoms with van der Waals surface area (Å²) in [6, 6.07) is 11.8. The summed E-state index contributed by atoms with van der Waals surface area (Å²) in [6.07, 6.45) is 1.58. The van der Waals surface area contributed by atoms with E-state index in [0.29, 0.717) is 48.5 Å². The second-order valence-electron chi connectivity index (χ2n) is 7.79. The number of ether oxygens (including phenoxy) is 3. The van der Waals surface area contributed by atoms with Crippen LogP contribution in [0.1, 0.15) is 19.4 Å². The van der Waals surface area contributed by atoms with Crippen LogP contribution in [0, 0.1) is 5.92 Å². The second kappa shape index (κ2) is 12.7. The van der Waals surface area contributed by atoms with Crippen LogP contribution < -0.4 is 24.2 Å². The molecule has 182 valence electrons. The lowest BCUT2D eigenvalue weighted by atomic mass is 10.0. The van der Waals surface area contributed by atoms with Gasteiger partial charge in [0.05, 0.1) is 13.4 Å². The Hall–Kier alpha value is -2.49. The van der Waals surface area contributed by atoms with Crippen molar-refractivity contribution in [2.45, 2.75) is 26.3 Å². The lowest BCUT2D eigenvalue weighted by Crippen LogP contribution is -2.49. The van der Waals surface area contributed by atoms with Crippen molar-refractivity contribution in [3.8, 4) is 17.2 Å². The minimum Gasteiger partial charge on any atom is -0.493 e. The van der Waals surface area contributed by atoms with Gasteiger partial charge < -0.3 is 19.5 Å². The second-order valence-corrected chi connectivity index (χ2v) is 10.0. The molecule has 2 aromatic carbocycles. The molecule has 8 nitrogen and oxygen atoms in total. The summed E-state index contributed by atoms with van der Waals surface area (Å²) in [6.45, 7) is 4.61. The van der Waals surface area contributed by atoms with Crippen molar-refractivity contribution >= 4 is 27.5 Å². The van der Waals surface area contributed by atoms with E-state index in [1.165, 1.54) is 0 Å². The Bertz CT molecular complexity index is 1010. The van der Waals surface area contributed by atoms with Gasteiger partial charge in [0.2, 0.25) is 15.9 Å². The molecule has 0 radical (unpaired) electrons. The first-order valence-corrected chi connectivity index (χ1v) is 12.8. The van der Waals surface area contributed by atoms with E-state index in [1.54, 1.807) is 51.3 Å². The zero-order valence-corrected chi connectivity index (χ0v) is 20.8. The van der Waals surface area contributed by atoms with Gasteiger partial charge >= 0.3 is 0 Å². The fraction of sp³-hybridized carbons (Fsp3) is 0.435. The van der Waals surface area contributed by atoms with Crippen molar-refractivity contribution in [3.63, 3.8) is 0 Å². The molecule has 0 heterocycles. The Morgan fingerprint density at radius 3 is 2.30 bits per heavy atom. The number of benzene rings is 2. The van der Waals surface area contributed by atoms with E-state index in [9.17, 15) is 13.2 Å². The van der Waals surface area contributed by atoms with E-state index >= 15 is 0 Å². The number of sulfonamides is 1. The molecule has 0 unspecified atom stereocenters. The minimum absolute atomic E-state index is 0.181. The van der Waals surface area contributed by atoms with Gasteiger partial charge in [-0.1, -0.05) is 31.5 Å². The van der Waals surface area contributed by atoms with Gasteiger partial charge in [0.15, 0.2) is 11.5 Å². The molecule has 0 aliphatic carbocycles. The third-order valence-electron chi connectivity index (χ3n) is 4.65. The summed E-state index contributed by atoms with van der Waals surface area (Å²) < 4.78 is 42.2. The summed E-state index contributed by atoms with van der Waals surface area (Å²) in [7, 11) is -1.93. The Kier molecular flexibility index (Phi) is 10.3. The smallest absolute Gasteiger partial charge is 0.238 e. The van der Waals surface area contributed by atoms with E-state index in [4.69, 9.17) is 25.8 Å². The van der Waals surface area contributed by atoms with Crippen molar-refractivity contribution in [1.82, 2.24) is 10.0 Å². The summed E-state index contributed by atoms with van der Waals surface area (Å²) >= 11 is 5.86. The molecule has 0 aliphatic rings. The monoisotopic (exact) mass is 498 g/mol. The highest BCUT2D eigenvalue weighted by Crippen LogP contribution is 2.28. The average molecular weight is 499 g/mol. The molecule has 1 amide bonds. The Balaban J connectivity index is 1.84. The minimum atomic E-state index is -3.49. The van der Waals surface area contributed by atoms with Gasteiger partial charge in [0, 0.05) is 11.6 Å². The molecule has 10 heteroatoms. The van der Waals surface area contributed by atoms with Crippen LogP contribution in [0.25, 0.3) is 0 Å². The molecular formula is C23H31ClN2O6S. The van der Waals surface area contributed by atoms with Crippen LogP contribution >= 0.6 is 11.6 Å². The van der Waals surface area contributed by atoms with Crippen molar-refractivity contribution in [3.05, 3.63) is 53.1 Å². The standard InChI is InChI=1S/C23H31ClN2O6S/c1-16(2)22(26-33(4,28)29)23(27)25-12-11-17-5-10-20(21(15-17)30-3)32-14-13-31-19-8-6-18(24)7-9-19/h5-10,15-16,22,26H,11-14H2,1-4H3,(H,25,27)/t22-/m0/s1. The van der Waals surface area contributed by atoms with E-state index in [-0.39, 0.29) is 11.8 Å². The third kappa shape index (κ3) is 9.49. The molecule has 0 spiro atoms. The molecule has 0 aliphatic heterocycles. The molecular weight excluding hydrogens is 468 g/mol. The highest BCUT2D eigenvalue weighted by atomic mass is 35.5. The Morgan fingerprint density at radius 1 is 1.03 bits per heavy atom. The number of carbonyl (C=O) groups excluding carboxylic acids is 1. The highest BCUT2D eigenvalue weighted by Gasteiger charge is 2.24. The molecule has 0 bridgehead atoms. The fourth-order valence-electron chi connectivity index (χ4n) is 2.99. The maximum absolute atomic E-state index is 12.4. The molecule has 0 saturated carbocycles. The zero-order chi connectivity index (χ0) is 24.4. The Morgan fingerprint density at radius 2 is 1.70 bits per heavy atom. The lowest BCUT2D eigenvalue weighted by Gasteiger charge is -2.20. The van der Waals surface area contributed by atoms with Crippen molar-refractivity contribution in [2.24, 2.45) is 5.92 Å². The largest absolute Gasteiger partial charge is 0.493 e. The first-order valence-electron chi connectivity index (χ1n) is 10.5. The average Bonchev–Trinajstić information content (AvgIpc) is 2.76. The molecule has 1 atom stereocenters. The van der Waals surface area contributed by atoms with Crippen LogP contribution in [0.5, 0.6) is 17.2 Å². The third-order valence-corrected chi connectivity index (χ3v) is 5.59. The lowest BCUT2D eigenvalue weighted by molar-refractivity contribution is -0.123. The van der Waals surface area contributed by atoms with Crippen LogP contribution in [0.15, 0.2) is 42.5 Å². The molecule has 2 aromatic rings. The van der Waals surface area contributed by atoms with Gasteiger partial charge in [-0.3, -0.25) is 4.79 Å². The summed E-state index contributed by atoms with van der Waals surface area (Å²) in [5, 5.41) is 3.43. The fourth-order valence-corrected chi connectivity index (χ4v) is 3.96. The van der Waals surface area contributed by atoms with Crippen LogP contribution in [0.2, 0.25) is 5.02 Å². The molecule has 2 rings (SSSR count). The number of carbonyl (C=O) groups is 1. The van der Waals surface area contributed by atoms with E-state index in [0.717, 1.165) is 11.8 Å². The summed E-state index contributed by atoms with van der Waals surface area (Å²) in [5.41, 5.74) is 0.939. The number of nitrogens with one attached hydrogen (secondary N) is 2. The zero-order valence-electron chi connectivity index (χ0n) is 19.3. The topological polar surface area (TPSA) is 103 Å². The van der Waals surface area contributed by atoms with E-state index < -0.39 is 16.1 Å². The quantitative estimate of drug-likeness (QED) is 0.411. The SMILES string of the molecule is COc1cc(CCNC(=O)[C@@H](NS(C)(=O)=O)C(C)C)ccc1OCCOc1ccc(Cl)cc1. The first kappa shape index (κ1) is 26.8. The van der Waals surface area contributed by atoms with Crippen molar-refractivity contribution in [2.75, 3.05) is 33.1 Å². The maximum Gasteiger partial charge on any atom is 0.238 e. The van der Waals surface area contributed by atoms with Crippen LogP contribution in [-0.2, 0) is 21.2 Å². The first-order chi connectivity index (χ1) is 15.6. The van der Waals surface area contributed by atoms with Crippen LogP contribution in [0.3, 0.4) is 0 Å². The van der Waals surface area contributed by atoms with Gasteiger partial charge in [0.25, 0.3) is 0 Å². The van der Waals surface area contributed by atoms with Gasteiger partial charge in [-0.2, -0.15) is 0 Å². The number of rotatable bonds is 13. The number of halogens is 1. The van der Waals surface area contributed by atoms with Gasteiger partial charge in [-0.05, 0) is 54.3 Å². The van der Waals surface area contributed by atoms with Crippen LogP contribution in [-0.4, -0.2) is 53.5 Å². The normalized spacial score (nSPS) is 12.3. The predicted molar refractivity (Wildman–Crippen MR) is 129 cm³/mol. The molecule has 2 N–H and O–H groups in total. The molecule has 0 aromatic heterocycles. The summed E-state index contributed by atoms with van der Waals surface area (Å²) in [4.78, 5) is 12.4. The van der Waals surface area contributed by atoms with Gasteiger partial charge in [-0.25, -0.2) is 13.1 Å².